The van der Waals surface area contributed by atoms with Crippen LogP contribution in [0.3, 0.4) is 0 Å². The van der Waals surface area contributed by atoms with Crippen molar-refractivity contribution >= 4 is 12.0 Å². The maximum atomic E-state index is 11.3. The van der Waals surface area contributed by atoms with Gasteiger partial charge in [-0.2, -0.15) is 0 Å². The van der Waals surface area contributed by atoms with Crippen LogP contribution in [0.25, 0.3) is 0 Å². The maximum Gasteiger partial charge on any atom is 0.325 e. The number of carbonyl (C=O) groups is 2. The first-order valence-electron chi connectivity index (χ1n) is 4.39. The number of hydrogen-bond donors (Lipinski definition) is 2. The lowest BCUT2D eigenvalue weighted by Crippen LogP contribution is -2.45. The standard InChI is InChI=1S/C8H14N2O3/c1-6(7(11)12)9-8(13)10-4-2-3-5-10/h6H,2-5H2,1H3,(H,9,13)(H,11,12)/t6-/m1/s1. The summed E-state index contributed by atoms with van der Waals surface area (Å²) >= 11 is 0. The third-order valence-electron chi connectivity index (χ3n) is 2.10. The van der Waals surface area contributed by atoms with Gasteiger partial charge in [-0.25, -0.2) is 4.79 Å². The van der Waals surface area contributed by atoms with Crippen LogP contribution in [0.1, 0.15) is 19.8 Å². The molecule has 0 aromatic heterocycles. The molecule has 74 valence electrons. The predicted molar refractivity (Wildman–Crippen MR) is 46.4 cm³/mol. The summed E-state index contributed by atoms with van der Waals surface area (Å²) in [7, 11) is 0. The first-order chi connectivity index (χ1) is 6.11. The van der Waals surface area contributed by atoms with Crippen molar-refractivity contribution in [2.24, 2.45) is 0 Å². The number of likely N-dealkylation sites (tertiary alicyclic amines) is 1. The smallest absolute Gasteiger partial charge is 0.325 e. The summed E-state index contributed by atoms with van der Waals surface area (Å²) in [4.78, 5) is 23.4. The lowest BCUT2D eigenvalue weighted by atomic mass is 10.3. The van der Waals surface area contributed by atoms with Crippen molar-refractivity contribution in [3.8, 4) is 0 Å². The molecule has 1 heterocycles. The summed E-state index contributed by atoms with van der Waals surface area (Å²) in [6.07, 6.45) is 2.02. The Morgan fingerprint density at radius 2 is 1.92 bits per heavy atom. The molecule has 0 radical (unpaired) electrons. The fourth-order valence-electron chi connectivity index (χ4n) is 1.26. The molecule has 1 fully saturated rings. The second kappa shape index (κ2) is 4.11. The molecule has 0 unspecified atom stereocenters. The van der Waals surface area contributed by atoms with E-state index < -0.39 is 12.0 Å². The molecule has 1 atom stereocenters. The van der Waals surface area contributed by atoms with Gasteiger partial charge in [0.05, 0.1) is 0 Å². The van der Waals surface area contributed by atoms with Gasteiger partial charge in [0.25, 0.3) is 0 Å². The van der Waals surface area contributed by atoms with Crippen LogP contribution < -0.4 is 5.32 Å². The zero-order chi connectivity index (χ0) is 9.84. The van der Waals surface area contributed by atoms with E-state index in [4.69, 9.17) is 5.11 Å². The summed E-state index contributed by atoms with van der Waals surface area (Å²) in [5.74, 6) is -1.01. The van der Waals surface area contributed by atoms with E-state index in [0.29, 0.717) is 0 Å². The van der Waals surface area contributed by atoms with Gasteiger partial charge in [0, 0.05) is 13.1 Å². The van der Waals surface area contributed by atoms with E-state index >= 15 is 0 Å². The molecule has 0 aromatic rings. The van der Waals surface area contributed by atoms with Crippen LogP contribution in [0.2, 0.25) is 0 Å². The molecule has 1 saturated heterocycles. The number of rotatable bonds is 2. The first kappa shape index (κ1) is 9.83. The highest BCUT2D eigenvalue weighted by molar-refractivity contribution is 5.82. The molecule has 5 heteroatoms. The van der Waals surface area contributed by atoms with Gasteiger partial charge in [0.2, 0.25) is 0 Å². The monoisotopic (exact) mass is 186 g/mol. The average Bonchev–Trinajstić information content (AvgIpc) is 2.55. The van der Waals surface area contributed by atoms with E-state index in [1.165, 1.54) is 6.92 Å². The zero-order valence-electron chi connectivity index (χ0n) is 7.62. The summed E-state index contributed by atoms with van der Waals surface area (Å²) in [5.41, 5.74) is 0. The first-order valence-corrected chi connectivity index (χ1v) is 4.39. The predicted octanol–water partition coefficient (Wildman–Crippen LogP) is 0.265. The Hall–Kier alpha value is -1.26. The van der Waals surface area contributed by atoms with E-state index in [9.17, 15) is 9.59 Å². The number of nitrogens with one attached hydrogen (secondary N) is 1. The number of carboxylic acids is 1. The van der Waals surface area contributed by atoms with E-state index in [1.54, 1.807) is 4.90 Å². The van der Waals surface area contributed by atoms with E-state index in [-0.39, 0.29) is 6.03 Å². The zero-order valence-corrected chi connectivity index (χ0v) is 7.62. The lowest BCUT2D eigenvalue weighted by molar-refractivity contribution is -0.138. The van der Waals surface area contributed by atoms with Gasteiger partial charge in [-0.15, -0.1) is 0 Å². The Kier molecular flexibility index (Phi) is 3.11. The second-order valence-corrected chi connectivity index (χ2v) is 3.20. The Morgan fingerprint density at radius 1 is 1.38 bits per heavy atom. The normalized spacial score (nSPS) is 18.4. The minimum atomic E-state index is -1.01. The number of hydrogen-bond acceptors (Lipinski definition) is 2. The van der Waals surface area contributed by atoms with E-state index in [0.717, 1.165) is 25.9 Å². The molecule has 0 saturated carbocycles. The van der Waals surface area contributed by atoms with Crippen molar-refractivity contribution in [3.05, 3.63) is 0 Å². The number of carboxylic acid groups (broad SMARTS) is 1. The Balaban J connectivity index is 2.35. The molecule has 0 aliphatic carbocycles. The van der Waals surface area contributed by atoms with Crippen LogP contribution >= 0.6 is 0 Å². The lowest BCUT2D eigenvalue weighted by Gasteiger charge is -2.17. The van der Waals surface area contributed by atoms with Gasteiger partial charge >= 0.3 is 12.0 Å². The highest BCUT2D eigenvalue weighted by Gasteiger charge is 2.21. The van der Waals surface area contributed by atoms with Crippen molar-refractivity contribution in [1.29, 1.82) is 0 Å². The summed E-state index contributed by atoms with van der Waals surface area (Å²) in [5, 5.41) is 10.9. The third-order valence-corrected chi connectivity index (χ3v) is 2.10. The van der Waals surface area contributed by atoms with Gasteiger partial charge in [-0.05, 0) is 19.8 Å². The van der Waals surface area contributed by atoms with Gasteiger partial charge in [0.15, 0.2) is 0 Å². The van der Waals surface area contributed by atoms with Gasteiger partial charge in [-0.3, -0.25) is 4.79 Å². The van der Waals surface area contributed by atoms with Crippen LogP contribution in [0.4, 0.5) is 4.79 Å². The molecule has 0 aromatic carbocycles. The van der Waals surface area contributed by atoms with Crippen molar-refractivity contribution in [2.75, 3.05) is 13.1 Å². The molecule has 13 heavy (non-hydrogen) atoms. The quantitative estimate of drug-likeness (QED) is 0.650. The summed E-state index contributed by atoms with van der Waals surface area (Å²) in [6.45, 7) is 2.92. The molecule has 2 N–H and O–H groups in total. The molecule has 0 bridgehead atoms. The molecule has 2 amide bonds. The molecular formula is C8H14N2O3. The fourth-order valence-corrected chi connectivity index (χ4v) is 1.26. The van der Waals surface area contributed by atoms with Crippen molar-refractivity contribution in [1.82, 2.24) is 10.2 Å². The minimum Gasteiger partial charge on any atom is -0.480 e. The molecule has 1 aliphatic rings. The van der Waals surface area contributed by atoms with Crippen molar-refractivity contribution in [2.45, 2.75) is 25.8 Å². The van der Waals surface area contributed by atoms with E-state index in [2.05, 4.69) is 5.32 Å². The SMILES string of the molecule is C[C@@H](NC(=O)N1CCCC1)C(=O)O. The van der Waals surface area contributed by atoms with Gasteiger partial charge in [-0.1, -0.05) is 0 Å². The van der Waals surface area contributed by atoms with Crippen LogP contribution in [0, 0.1) is 0 Å². The molecule has 1 rings (SSSR count). The number of aliphatic carboxylic acids is 1. The highest BCUT2D eigenvalue weighted by atomic mass is 16.4. The van der Waals surface area contributed by atoms with E-state index in [1.807, 2.05) is 0 Å². The average molecular weight is 186 g/mol. The Bertz CT molecular complexity index is 211. The molecule has 0 spiro atoms. The molecular weight excluding hydrogens is 172 g/mol. The van der Waals surface area contributed by atoms with Crippen molar-refractivity contribution < 1.29 is 14.7 Å². The molecule has 1 aliphatic heterocycles. The number of nitrogens with zero attached hydrogens (tertiary/aromatic N) is 1. The highest BCUT2D eigenvalue weighted by Crippen LogP contribution is 2.07. The number of carbonyl (C=O) groups excluding carboxylic acids is 1. The number of urea groups is 1. The van der Waals surface area contributed by atoms with Gasteiger partial charge < -0.3 is 15.3 Å². The summed E-state index contributed by atoms with van der Waals surface area (Å²) < 4.78 is 0. The van der Waals surface area contributed by atoms with Crippen molar-refractivity contribution in [3.63, 3.8) is 0 Å². The Labute approximate surface area is 76.7 Å². The van der Waals surface area contributed by atoms with Crippen LogP contribution in [-0.4, -0.2) is 41.1 Å². The van der Waals surface area contributed by atoms with Crippen LogP contribution in [-0.2, 0) is 4.79 Å². The Morgan fingerprint density at radius 3 is 2.38 bits per heavy atom. The van der Waals surface area contributed by atoms with Gasteiger partial charge in [0.1, 0.15) is 6.04 Å². The van der Waals surface area contributed by atoms with Crippen LogP contribution in [0.15, 0.2) is 0 Å². The van der Waals surface area contributed by atoms with Crippen LogP contribution in [0.5, 0.6) is 0 Å². The molecule has 5 nitrogen and oxygen atoms in total. The maximum absolute atomic E-state index is 11.3. The summed E-state index contributed by atoms with van der Waals surface area (Å²) in [6, 6.07) is -1.08. The number of amides is 2. The third kappa shape index (κ3) is 2.61. The topological polar surface area (TPSA) is 69.6 Å². The minimum absolute atomic E-state index is 0.271. The second-order valence-electron chi connectivity index (χ2n) is 3.20. The fraction of sp³-hybridized carbons (Fsp3) is 0.750. The largest absolute Gasteiger partial charge is 0.480 e.